The summed E-state index contributed by atoms with van der Waals surface area (Å²) < 4.78 is 81.6. The normalized spacial score (nSPS) is 12.1. The molecule has 0 aliphatic carbocycles. The number of hydrogen-bond donors (Lipinski definition) is 6. The number of nitrogens with two attached hydrogens (primary N) is 2. The zero-order valence-electron chi connectivity index (χ0n) is 21.0. The Hall–Kier alpha value is -3.21. The molecule has 0 aromatic heterocycles. The Morgan fingerprint density at radius 1 is 0.667 bits per heavy atom. The van der Waals surface area contributed by atoms with Crippen molar-refractivity contribution >= 4 is 63.7 Å². The maximum Gasteiger partial charge on any atom is 1.00 e. The fraction of sp³-hybridized carbons (Fsp3) is 0. The number of phenolic OH excluding ortho intramolecular Hbond substituents is 3. The van der Waals surface area contributed by atoms with Crippen molar-refractivity contribution in [1.82, 2.24) is 0 Å². The minimum absolute atomic E-state index is 0. The number of primary sulfonamides is 2. The van der Waals surface area contributed by atoms with E-state index in [4.69, 9.17) is 10.3 Å². The van der Waals surface area contributed by atoms with Crippen molar-refractivity contribution < 1.29 is 81.1 Å². The molecule has 8 N–H and O–H groups in total. The van der Waals surface area contributed by atoms with E-state index < -0.39 is 57.2 Å². The Balaban J connectivity index is 0.00000308. The van der Waals surface area contributed by atoms with E-state index in [1.54, 1.807) is 0 Å². The van der Waals surface area contributed by atoms with Gasteiger partial charge in [0.15, 0.2) is 0 Å². The van der Waals surface area contributed by atoms with E-state index in [9.17, 15) is 45.1 Å². The molecule has 0 atom stereocenters. The number of aromatic hydroxyl groups is 3. The quantitative estimate of drug-likeness (QED) is 0.0616. The molecule has 0 aliphatic heterocycles. The average Bonchev–Trinajstić information content (AvgIpc) is 2.83. The van der Waals surface area contributed by atoms with Crippen molar-refractivity contribution in [2.24, 2.45) is 20.5 Å². The zero-order valence-corrected chi connectivity index (χ0v) is 24.4. The summed E-state index contributed by atoms with van der Waals surface area (Å²) in [4.78, 5) is -1.53. The summed E-state index contributed by atoms with van der Waals surface area (Å²) in [5, 5.41) is 51.8. The van der Waals surface area contributed by atoms with Crippen LogP contribution in [0.25, 0.3) is 10.8 Å². The largest absolute Gasteiger partial charge is 1.00 e. The Morgan fingerprint density at radius 3 is 1.81 bits per heavy atom. The minimum atomic E-state index is -4.98. The van der Waals surface area contributed by atoms with Crippen LogP contribution in [-0.4, -0.2) is 45.1 Å². The Labute approximate surface area is 261 Å². The molecule has 4 aromatic carbocycles. The third-order valence-electron chi connectivity index (χ3n) is 5.43. The third-order valence-corrected chi connectivity index (χ3v) is 8.07. The third kappa shape index (κ3) is 7.59. The van der Waals surface area contributed by atoms with Crippen LogP contribution >= 0.6 is 0 Å². The molecule has 15 nitrogen and oxygen atoms in total. The predicted molar refractivity (Wildman–Crippen MR) is 140 cm³/mol. The van der Waals surface area contributed by atoms with Crippen LogP contribution in [0.5, 0.6) is 17.2 Å². The van der Waals surface area contributed by atoms with Gasteiger partial charge in [-0.3, -0.25) is 0 Å². The van der Waals surface area contributed by atoms with Crippen LogP contribution in [-0.2, 0) is 47.2 Å². The summed E-state index contributed by atoms with van der Waals surface area (Å²) in [6.07, 6.45) is 0. The molecule has 0 bridgehead atoms. The smallest absolute Gasteiger partial charge is 0.744 e. The van der Waals surface area contributed by atoms with E-state index in [1.165, 1.54) is 12.1 Å². The number of hydrogen-bond acceptors (Lipinski definition) is 13. The van der Waals surface area contributed by atoms with Crippen LogP contribution in [0.2, 0.25) is 0 Å². The standard InChI is InChI=1S/C22H19N5O10S3.Cu.Li/c23-38(31,32)12-2-5-18(28)16(8-12)25-15-4-1-11-7-14(40(35,36)37)10-20(30)21(11)22(15)27-26-17-9-13(39(24,33)34)3-6-19(17)29;;/h1-10,25,28-30H,(H2,23,31,32)(H2,24,33,34)(H,35,36,37);;/q;;+1/p-1. The molecular formula is C22H18CuLiN5O10S3. The van der Waals surface area contributed by atoms with Crippen LogP contribution < -0.4 is 34.5 Å². The number of nitrogens with one attached hydrogen (secondary N) is 1. The number of azo groups is 1. The number of fused-ring (bicyclic) bond motifs is 1. The minimum Gasteiger partial charge on any atom is -0.744 e. The molecular weight excluding hydrogens is 661 g/mol. The van der Waals surface area contributed by atoms with Crippen molar-refractivity contribution in [3.63, 3.8) is 0 Å². The first-order valence-corrected chi connectivity index (χ1v) is 15.1. The molecule has 20 heteroatoms. The molecule has 0 aliphatic rings. The van der Waals surface area contributed by atoms with E-state index in [-0.39, 0.29) is 74.3 Å². The van der Waals surface area contributed by atoms with Crippen LogP contribution in [0.1, 0.15) is 0 Å². The van der Waals surface area contributed by atoms with E-state index >= 15 is 0 Å². The first kappa shape index (κ1) is 35.0. The zero-order chi connectivity index (χ0) is 29.6. The first-order chi connectivity index (χ1) is 18.4. The molecule has 1 radical (unpaired) electrons. The molecule has 221 valence electrons. The number of rotatable bonds is 7. The Kier molecular flexibility index (Phi) is 10.5. The Bertz CT molecular complexity index is 2060. The second kappa shape index (κ2) is 12.6. The van der Waals surface area contributed by atoms with Crippen LogP contribution in [0.4, 0.5) is 22.7 Å². The summed E-state index contributed by atoms with van der Waals surface area (Å²) in [5.74, 6) is -1.66. The van der Waals surface area contributed by atoms with Gasteiger partial charge in [-0.05, 0) is 60.0 Å². The van der Waals surface area contributed by atoms with Gasteiger partial charge >= 0.3 is 18.9 Å². The summed E-state index contributed by atoms with van der Waals surface area (Å²) in [7, 11) is -13.3. The van der Waals surface area contributed by atoms with Gasteiger partial charge in [0.05, 0.1) is 31.4 Å². The van der Waals surface area contributed by atoms with Gasteiger partial charge in [0.2, 0.25) is 20.0 Å². The monoisotopic (exact) mass is 678 g/mol. The molecule has 0 saturated carbocycles. The maximum absolute atomic E-state index is 11.8. The first-order valence-electron chi connectivity index (χ1n) is 10.6. The van der Waals surface area contributed by atoms with Gasteiger partial charge in [-0.2, -0.15) is 0 Å². The van der Waals surface area contributed by atoms with Crippen molar-refractivity contribution in [3.05, 3.63) is 60.7 Å². The molecule has 4 rings (SSSR count). The SMILES string of the molecule is NS(=O)(=O)c1ccc(O)c(N=Nc2c(Nc3cc(S(N)(=O)=O)ccc3O)ccc3cc(S(=O)(=O)[O-])cc(O)c23)c1.[Cu].[Li+]. The fourth-order valence-corrected chi connectivity index (χ4v) is 5.15. The number of anilines is 2. The van der Waals surface area contributed by atoms with Gasteiger partial charge in [-0.25, -0.2) is 35.5 Å². The number of benzene rings is 4. The maximum atomic E-state index is 11.8. The van der Waals surface area contributed by atoms with Gasteiger partial charge in [0.25, 0.3) is 0 Å². The van der Waals surface area contributed by atoms with Crippen molar-refractivity contribution in [2.45, 2.75) is 14.7 Å². The number of sulfonamides is 2. The second-order valence-corrected chi connectivity index (χ2v) is 12.7. The summed E-state index contributed by atoms with van der Waals surface area (Å²) in [6.45, 7) is 0. The Morgan fingerprint density at radius 2 is 1.24 bits per heavy atom. The van der Waals surface area contributed by atoms with E-state index in [2.05, 4.69) is 15.5 Å². The molecule has 0 amide bonds. The van der Waals surface area contributed by atoms with E-state index in [0.717, 1.165) is 42.5 Å². The van der Waals surface area contributed by atoms with Crippen molar-refractivity contribution in [1.29, 1.82) is 0 Å². The van der Waals surface area contributed by atoms with E-state index in [0.29, 0.717) is 6.07 Å². The molecule has 0 fully saturated rings. The summed E-state index contributed by atoms with van der Waals surface area (Å²) in [6, 6.07) is 10.2. The number of phenols is 3. The second-order valence-electron chi connectivity index (χ2n) is 8.20. The van der Waals surface area contributed by atoms with E-state index in [1.807, 2.05) is 0 Å². The molecule has 0 spiro atoms. The molecule has 0 unspecified atom stereocenters. The van der Waals surface area contributed by atoms with Crippen LogP contribution in [0.15, 0.2) is 85.6 Å². The van der Waals surface area contributed by atoms with Gasteiger partial charge in [-0.15, -0.1) is 10.2 Å². The molecule has 4 aromatic rings. The van der Waals surface area contributed by atoms with Gasteiger partial charge in [0, 0.05) is 17.1 Å². The van der Waals surface area contributed by atoms with Crippen LogP contribution in [0, 0.1) is 0 Å². The average molecular weight is 679 g/mol. The van der Waals surface area contributed by atoms with Gasteiger partial charge in [-0.1, -0.05) is 6.07 Å². The van der Waals surface area contributed by atoms with Gasteiger partial charge in [0.1, 0.15) is 38.7 Å². The van der Waals surface area contributed by atoms with Crippen molar-refractivity contribution in [2.75, 3.05) is 5.32 Å². The topological polar surface area (TPSA) is 275 Å². The predicted octanol–water partition coefficient (Wildman–Crippen LogP) is -0.684. The fourth-order valence-electron chi connectivity index (χ4n) is 3.55. The molecule has 42 heavy (non-hydrogen) atoms. The summed E-state index contributed by atoms with van der Waals surface area (Å²) in [5.41, 5.74) is -0.856. The van der Waals surface area contributed by atoms with Gasteiger partial charge < -0.3 is 25.2 Å². The van der Waals surface area contributed by atoms with Crippen molar-refractivity contribution in [3.8, 4) is 17.2 Å². The van der Waals surface area contributed by atoms with Crippen LogP contribution in [0.3, 0.4) is 0 Å². The molecule has 0 heterocycles. The molecule has 0 saturated heterocycles. The summed E-state index contributed by atoms with van der Waals surface area (Å²) >= 11 is 0. The number of nitrogens with zero attached hydrogens (tertiary/aromatic N) is 2.